The quantitative estimate of drug-likeness (QED) is 0.333. The van der Waals surface area contributed by atoms with Crippen molar-refractivity contribution in [3.8, 4) is 11.5 Å². The molecular weight excluding hydrogens is 376 g/mol. The SMILES string of the molecule is CCC(=O)Oc1cccc(C(F)(F)F)c1COc1cc(F)c(CC)cc1CC. The Labute approximate surface area is 161 Å². The molecule has 28 heavy (non-hydrogen) atoms. The fourth-order valence-electron chi connectivity index (χ4n) is 2.75. The maximum atomic E-state index is 14.1. The number of esters is 1. The summed E-state index contributed by atoms with van der Waals surface area (Å²) in [4.78, 5) is 11.6. The molecule has 0 saturated carbocycles. The van der Waals surface area contributed by atoms with Crippen LogP contribution >= 0.6 is 0 Å². The molecule has 0 aliphatic rings. The molecule has 0 aliphatic heterocycles. The molecule has 2 aromatic rings. The predicted molar refractivity (Wildman–Crippen MR) is 96.9 cm³/mol. The van der Waals surface area contributed by atoms with E-state index in [1.165, 1.54) is 19.1 Å². The summed E-state index contributed by atoms with van der Waals surface area (Å²) in [5.41, 5.74) is -0.0660. The maximum absolute atomic E-state index is 14.1. The maximum Gasteiger partial charge on any atom is 0.416 e. The summed E-state index contributed by atoms with van der Waals surface area (Å²) in [5.74, 6) is -1.18. The number of aryl methyl sites for hydroxylation is 2. The Morgan fingerprint density at radius 3 is 2.25 bits per heavy atom. The van der Waals surface area contributed by atoms with Crippen LogP contribution in [-0.4, -0.2) is 5.97 Å². The van der Waals surface area contributed by atoms with Crippen LogP contribution in [0.3, 0.4) is 0 Å². The second-order valence-electron chi connectivity index (χ2n) is 6.15. The summed E-state index contributed by atoms with van der Waals surface area (Å²) in [7, 11) is 0. The Morgan fingerprint density at radius 1 is 1.00 bits per heavy atom. The van der Waals surface area contributed by atoms with Gasteiger partial charge in [0.15, 0.2) is 0 Å². The highest BCUT2D eigenvalue weighted by molar-refractivity contribution is 5.72. The van der Waals surface area contributed by atoms with Crippen molar-refractivity contribution in [2.24, 2.45) is 0 Å². The molecule has 0 saturated heterocycles. The first-order chi connectivity index (χ1) is 13.2. The molecule has 0 N–H and O–H groups in total. The third kappa shape index (κ3) is 5.03. The zero-order valence-electron chi connectivity index (χ0n) is 16.0. The van der Waals surface area contributed by atoms with Crippen LogP contribution in [-0.2, 0) is 30.4 Å². The topological polar surface area (TPSA) is 35.5 Å². The van der Waals surface area contributed by atoms with E-state index in [2.05, 4.69) is 0 Å². The molecule has 3 nitrogen and oxygen atoms in total. The second kappa shape index (κ2) is 9.08. The molecule has 0 atom stereocenters. The highest BCUT2D eigenvalue weighted by Gasteiger charge is 2.35. The summed E-state index contributed by atoms with van der Waals surface area (Å²) in [6.07, 6.45) is -3.62. The minimum absolute atomic E-state index is 0.0141. The zero-order chi connectivity index (χ0) is 20.9. The van der Waals surface area contributed by atoms with E-state index in [4.69, 9.17) is 9.47 Å². The van der Waals surface area contributed by atoms with Crippen molar-refractivity contribution in [2.45, 2.75) is 52.8 Å². The molecule has 0 heterocycles. The number of hydrogen-bond donors (Lipinski definition) is 0. The van der Waals surface area contributed by atoms with Crippen LogP contribution in [0.25, 0.3) is 0 Å². The predicted octanol–water partition coefficient (Wildman–Crippen LogP) is 5.86. The average molecular weight is 398 g/mol. The molecule has 0 aliphatic carbocycles. The minimum atomic E-state index is -4.65. The first-order valence-electron chi connectivity index (χ1n) is 9.05. The van der Waals surface area contributed by atoms with Crippen LogP contribution in [0.4, 0.5) is 17.6 Å². The van der Waals surface area contributed by atoms with Gasteiger partial charge in [-0.25, -0.2) is 4.39 Å². The van der Waals surface area contributed by atoms with E-state index in [0.717, 1.165) is 12.1 Å². The summed E-state index contributed by atoms with van der Waals surface area (Å²) in [6, 6.07) is 6.17. The van der Waals surface area contributed by atoms with Crippen LogP contribution in [0.2, 0.25) is 0 Å². The average Bonchev–Trinajstić information content (AvgIpc) is 2.65. The van der Waals surface area contributed by atoms with Crippen molar-refractivity contribution in [3.05, 3.63) is 58.4 Å². The first-order valence-corrected chi connectivity index (χ1v) is 9.05. The highest BCUT2D eigenvalue weighted by atomic mass is 19.4. The van der Waals surface area contributed by atoms with E-state index in [9.17, 15) is 22.4 Å². The summed E-state index contributed by atoms with van der Waals surface area (Å²) in [6.45, 7) is 4.68. The van der Waals surface area contributed by atoms with Gasteiger partial charge >= 0.3 is 12.1 Å². The van der Waals surface area contributed by atoms with E-state index in [0.29, 0.717) is 24.0 Å². The van der Waals surface area contributed by atoms with Gasteiger partial charge in [-0.1, -0.05) is 26.8 Å². The lowest BCUT2D eigenvalue weighted by atomic mass is 10.0. The van der Waals surface area contributed by atoms with Crippen molar-refractivity contribution in [1.82, 2.24) is 0 Å². The lowest BCUT2D eigenvalue weighted by Crippen LogP contribution is -2.15. The molecule has 2 aromatic carbocycles. The van der Waals surface area contributed by atoms with E-state index >= 15 is 0 Å². The monoisotopic (exact) mass is 398 g/mol. The molecule has 0 spiro atoms. The Hall–Kier alpha value is -2.57. The van der Waals surface area contributed by atoms with Gasteiger partial charge < -0.3 is 9.47 Å². The first kappa shape index (κ1) is 21.7. The summed E-state index contributed by atoms with van der Waals surface area (Å²) in [5, 5.41) is 0. The molecular formula is C21H22F4O3. The molecule has 0 aromatic heterocycles. The number of alkyl halides is 3. The standard InChI is InChI=1S/C21H22F4O3/c1-4-13-10-14(5-2)19(11-17(13)22)27-12-15-16(21(23,24)25)8-7-9-18(15)28-20(26)6-3/h7-11H,4-6,12H2,1-3H3. The number of halogens is 4. The number of hydrogen-bond acceptors (Lipinski definition) is 3. The Bertz CT molecular complexity index is 844. The fraction of sp³-hybridized carbons (Fsp3) is 0.381. The normalized spacial score (nSPS) is 11.4. The Morgan fingerprint density at radius 2 is 1.68 bits per heavy atom. The third-order valence-electron chi connectivity index (χ3n) is 4.31. The smallest absolute Gasteiger partial charge is 0.416 e. The number of rotatable bonds is 7. The van der Waals surface area contributed by atoms with Gasteiger partial charge in [-0.05, 0) is 42.2 Å². The Balaban J connectivity index is 2.42. The number of ether oxygens (including phenoxy) is 2. The van der Waals surface area contributed by atoms with Gasteiger partial charge in [0.1, 0.15) is 23.9 Å². The van der Waals surface area contributed by atoms with Gasteiger partial charge in [-0.2, -0.15) is 13.2 Å². The lowest BCUT2D eigenvalue weighted by Gasteiger charge is -2.18. The van der Waals surface area contributed by atoms with E-state index in [-0.39, 0.29) is 23.5 Å². The van der Waals surface area contributed by atoms with Crippen LogP contribution < -0.4 is 9.47 Å². The van der Waals surface area contributed by atoms with Gasteiger partial charge in [0.2, 0.25) is 0 Å². The minimum Gasteiger partial charge on any atom is -0.488 e. The van der Waals surface area contributed by atoms with E-state index in [1.54, 1.807) is 6.07 Å². The molecule has 0 radical (unpaired) electrons. The lowest BCUT2D eigenvalue weighted by molar-refractivity contribution is -0.140. The Kier molecular flexibility index (Phi) is 7.05. The highest BCUT2D eigenvalue weighted by Crippen LogP contribution is 2.37. The molecule has 0 unspecified atom stereocenters. The van der Waals surface area contributed by atoms with Crippen molar-refractivity contribution < 1.29 is 31.8 Å². The van der Waals surface area contributed by atoms with Gasteiger partial charge in [0.25, 0.3) is 0 Å². The van der Waals surface area contributed by atoms with Crippen LogP contribution in [0, 0.1) is 5.82 Å². The van der Waals surface area contributed by atoms with Crippen molar-refractivity contribution in [1.29, 1.82) is 0 Å². The number of benzene rings is 2. The number of carbonyl (C=O) groups is 1. The van der Waals surface area contributed by atoms with E-state index in [1.807, 2.05) is 13.8 Å². The number of carbonyl (C=O) groups excluding carboxylic acids is 1. The van der Waals surface area contributed by atoms with Crippen molar-refractivity contribution >= 4 is 5.97 Å². The largest absolute Gasteiger partial charge is 0.488 e. The van der Waals surface area contributed by atoms with Gasteiger partial charge in [-0.15, -0.1) is 0 Å². The van der Waals surface area contributed by atoms with Crippen molar-refractivity contribution in [2.75, 3.05) is 0 Å². The van der Waals surface area contributed by atoms with Crippen LogP contribution in [0.5, 0.6) is 11.5 Å². The van der Waals surface area contributed by atoms with E-state index < -0.39 is 30.1 Å². The second-order valence-corrected chi connectivity index (χ2v) is 6.15. The summed E-state index contributed by atoms with van der Waals surface area (Å²) < 4.78 is 65.0. The van der Waals surface area contributed by atoms with Crippen molar-refractivity contribution in [3.63, 3.8) is 0 Å². The molecule has 0 fully saturated rings. The molecule has 7 heteroatoms. The van der Waals surface area contributed by atoms with Crippen LogP contribution in [0.1, 0.15) is 49.4 Å². The molecule has 0 bridgehead atoms. The molecule has 2 rings (SSSR count). The van der Waals surface area contributed by atoms with Gasteiger partial charge in [0.05, 0.1) is 5.56 Å². The molecule has 0 amide bonds. The summed E-state index contributed by atoms with van der Waals surface area (Å²) >= 11 is 0. The fourth-order valence-corrected chi connectivity index (χ4v) is 2.75. The van der Waals surface area contributed by atoms with Gasteiger partial charge in [-0.3, -0.25) is 4.79 Å². The molecule has 152 valence electrons. The van der Waals surface area contributed by atoms with Crippen LogP contribution in [0.15, 0.2) is 30.3 Å². The third-order valence-corrected chi connectivity index (χ3v) is 4.31. The zero-order valence-corrected chi connectivity index (χ0v) is 16.0. The van der Waals surface area contributed by atoms with Gasteiger partial charge in [0, 0.05) is 18.1 Å².